The molecule has 116 valence electrons. The minimum Gasteiger partial charge on any atom is -0.497 e. The zero-order valence-corrected chi connectivity index (χ0v) is 13.1. The molecular weight excluding hydrogens is 312 g/mol. The molecule has 3 N–H and O–H groups in total. The van der Waals surface area contributed by atoms with Crippen LogP contribution in [0.25, 0.3) is 11.3 Å². The first-order chi connectivity index (χ1) is 11.2. The second-order valence-corrected chi connectivity index (χ2v) is 5.52. The number of methoxy groups -OCH3 is 1. The van der Waals surface area contributed by atoms with Crippen LogP contribution in [0.3, 0.4) is 0 Å². The Morgan fingerprint density at radius 2 is 2.17 bits per heavy atom. The van der Waals surface area contributed by atoms with Crippen molar-refractivity contribution < 1.29 is 9.53 Å². The fourth-order valence-electron chi connectivity index (χ4n) is 2.02. The number of thiazole rings is 1. The van der Waals surface area contributed by atoms with Crippen LogP contribution in [-0.4, -0.2) is 23.0 Å². The standard InChI is InChI=1S/C16H14N4O2S/c1-22-11-5-2-4-10(8-11)13-9-23-16(19-13)20-15(21)12-6-3-7-18-14(12)17/h2-9H,1H3,(H2,17,18)(H,19,20,21). The number of benzene rings is 1. The van der Waals surface area contributed by atoms with Gasteiger partial charge < -0.3 is 10.5 Å². The summed E-state index contributed by atoms with van der Waals surface area (Å²) in [5.74, 6) is 0.612. The third kappa shape index (κ3) is 3.29. The predicted octanol–water partition coefficient (Wildman–Crippen LogP) is 3.05. The van der Waals surface area contributed by atoms with Gasteiger partial charge in [0.25, 0.3) is 5.91 Å². The van der Waals surface area contributed by atoms with Crippen LogP contribution in [0.5, 0.6) is 5.75 Å². The number of hydrogen-bond acceptors (Lipinski definition) is 6. The molecule has 23 heavy (non-hydrogen) atoms. The van der Waals surface area contributed by atoms with Crippen molar-refractivity contribution in [1.82, 2.24) is 9.97 Å². The van der Waals surface area contributed by atoms with Crippen molar-refractivity contribution in [2.24, 2.45) is 0 Å². The van der Waals surface area contributed by atoms with Gasteiger partial charge in [-0.15, -0.1) is 11.3 Å². The summed E-state index contributed by atoms with van der Waals surface area (Å²) in [7, 11) is 1.62. The molecule has 0 aliphatic carbocycles. The van der Waals surface area contributed by atoms with E-state index < -0.39 is 0 Å². The quantitative estimate of drug-likeness (QED) is 0.769. The van der Waals surface area contributed by atoms with Crippen molar-refractivity contribution in [2.75, 3.05) is 18.2 Å². The lowest BCUT2D eigenvalue weighted by molar-refractivity contribution is 0.102. The molecule has 0 aliphatic rings. The maximum atomic E-state index is 12.2. The van der Waals surface area contributed by atoms with E-state index in [0.29, 0.717) is 10.7 Å². The molecule has 0 atom stereocenters. The summed E-state index contributed by atoms with van der Waals surface area (Å²) in [5, 5.41) is 5.10. The highest BCUT2D eigenvalue weighted by Gasteiger charge is 2.13. The summed E-state index contributed by atoms with van der Waals surface area (Å²) in [6, 6.07) is 10.9. The SMILES string of the molecule is COc1cccc(-c2csc(NC(=O)c3cccnc3N)n2)c1. The van der Waals surface area contributed by atoms with Crippen LogP contribution in [0.15, 0.2) is 48.0 Å². The van der Waals surface area contributed by atoms with E-state index >= 15 is 0 Å². The number of ether oxygens (including phenoxy) is 1. The molecule has 1 aromatic carbocycles. The third-order valence-electron chi connectivity index (χ3n) is 3.17. The fourth-order valence-corrected chi connectivity index (χ4v) is 2.73. The minimum absolute atomic E-state index is 0.189. The number of nitrogens with one attached hydrogen (secondary N) is 1. The maximum absolute atomic E-state index is 12.2. The average molecular weight is 326 g/mol. The highest BCUT2D eigenvalue weighted by atomic mass is 32.1. The van der Waals surface area contributed by atoms with Crippen molar-refractivity contribution in [1.29, 1.82) is 0 Å². The first kappa shape index (κ1) is 15.0. The number of aromatic nitrogens is 2. The molecule has 0 fully saturated rings. The molecule has 0 bridgehead atoms. The maximum Gasteiger partial charge on any atom is 0.261 e. The van der Waals surface area contributed by atoms with Gasteiger partial charge in [0.15, 0.2) is 5.13 Å². The molecule has 0 saturated heterocycles. The smallest absolute Gasteiger partial charge is 0.261 e. The fraction of sp³-hybridized carbons (Fsp3) is 0.0625. The number of nitrogen functional groups attached to an aromatic ring is 1. The molecule has 2 heterocycles. The number of nitrogens with zero attached hydrogens (tertiary/aromatic N) is 2. The average Bonchev–Trinajstić information content (AvgIpc) is 3.03. The van der Waals surface area contributed by atoms with Crippen LogP contribution in [0, 0.1) is 0 Å². The Kier molecular flexibility index (Phi) is 4.20. The summed E-state index contributed by atoms with van der Waals surface area (Å²) < 4.78 is 5.20. The first-order valence-electron chi connectivity index (χ1n) is 6.79. The van der Waals surface area contributed by atoms with Gasteiger partial charge in [0.1, 0.15) is 11.6 Å². The van der Waals surface area contributed by atoms with Gasteiger partial charge >= 0.3 is 0 Å². The Morgan fingerprint density at radius 3 is 2.96 bits per heavy atom. The van der Waals surface area contributed by atoms with Gasteiger partial charge in [0, 0.05) is 17.1 Å². The molecule has 3 aromatic rings. The number of carbonyl (C=O) groups excluding carboxylic acids is 1. The molecule has 7 heteroatoms. The number of hydrogen-bond donors (Lipinski definition) is 2. The van der Waals surface area contributed by atoms with Crippen LogP contribution < -0.4 is 15.8 Å². The van der Waals surface area contributed by atoms with Crippen molar-refractivity contribution in [2.45, 2.75) is 0 Å². The lowest BCUT2D eigenvalue weighted by atomic mass is 10.2. The summed E-state index contributed by atoms with van der Waals surface area (Å²) in [4.78, 5) is 20.5. The van der Waals surface area contributed by atoms with E-state index in [4.69, 9.17) is 10.5 Å². The molecule has 6 nitrogen and oxygen atoms in total. The monoisotopic (exact) mass is 326 g/mol. The molecule has 0 radical (unpaired) electrons. The molecule has 3 rings (SSSR count). The molecule has 0 aliphatic heterocycles. The summed E-state index contributed by atoms with van der Waals surface area (Å²) in [6.07, 6.45) is 1.54. The van der Waals surface area contributed by atoms with E-state index in [1.807, 2.05) is 29.6 Å². The number of carbonyl (C=O) groups is 1. The first-order valence-corrected chi connectivity index (χ1v) is 7.67. The number of pyridine rings is 1. The predicted molar refractivity (Wildman–Crippen MR) is 90.7 cm³/mol. The van der Waals surface area contributed by atoms with Crippen molar-refractivity contribution in [3.05, 3.63) is 53.5 Å². The Morgan fingerprint density at radius 1 is 1.30 bits per heavy atom. The van der Waals surface area contributed by atoms with E-state index in [1.165, 1.54) is 17.5 Å². The van der Waals surface area contributed by atoms with Crippen LogP contribution >= 0.6 is 11.3 Å². The van der Waals surface area contributed by atoms with E-state index in [1.54, 1.807) is 19.2 Å². The number of rotatable bonds is 4. The molecule has 0 spiro atoms. The minimum atomic E-state index is -0.331. The zero-order chi connectivity index (χ0) is 16.2. The summed E-state index contributed by atoms with van der Waals surface area (Å²) >= 11 is 1.34. The van der Waals surface area contributed by atoms with E-state index in [2.05, 4.69) is 15.3 Å². The highest BCUT2D eigenvalue weighted by Crippen LogP contribution is 2.27. The number of amides is 1. The molecule has 0 unspecified atom stereocenters. The van der Waals surface area contributed by atoms with Gasteiger partial charge in [-0.2, -0.15) is 0 Å². The number of anilines is 2. The molecule has 1 amide bonds. The largest absolute Gasteiger partial charge is 0.497 e. The van der Waals surface area contributed by atoms with Crippen LogP contribution in [-0.2, 0) is 0 Å². The summed E-state index contributed by atoms with van der Waals surface area (Å²) in [6.45, 7) is 0. The second-order valence-electron chi connectivity index (χ2n) is 4.66. The van der Waals surface area contributed by atoms with Gasteiger partial charge in [-0.05, 0) is 24.3 Å². The van der Waals surface area contributed by atoms with Gasteiger partial charge in [0.05, 0.1) is 18.4 Å². The second kappa shape index (κ2) is 6.45. The third-order valence-corrected chi connectivity index (χ3v) is 3.93. The van der Waals surface area contributed by atoms with Crippen LogP contribution in [0.4, 0.5) is 10.9 Å². The Bertz CT molecular complexity index is 847. The van der Waals surface area contributed by atoms with Gasteiger partial charge in [0.2, 0.25) is 0 Å². The molecule has 2 aromatic heterocycles. The van der Waals surface area contributed by atoms with Crippen molar-refractivity contribution in [3.63, 3.8) is 0 Å². The van der Waals surface area contributed by atoms with E-state index in [-0.39, 0.29) is 11.7 Å². The van der Waals surface area contributed by atoms with Crippen molar-refractivity contribution >= 4 is 28.2 Å². The topological polar surface area (TPSA) is 90.1 Å². The highest BCUT2D eigenvalue weighted by molar-refractivity contribution is 7.14. The van der Waals surface area contributed by atoms with Crippen LogP contribution in [0.2, 0.25) is 0 Å². The van der Waals surface area contributed by atoms with Gasteiger partial charge in [-0.3, -0.25) is 10.1 Å². The Hall–Kier alpha value is -2.93. The van der Waals surface area contributed by atoms with E-state index in [9.17, 15) is 4.79 Å². The van der Waals surface area contributed by atoms with Gasteiger partial charge in [-0.1, -0.05) is 12.1 Å². The normalized spacial score (nSPS) is 10.3. The Balaban J connectivity index is 1.79. The van der Waals surface area contributed by atoms with Gasteiger partial charge in [-0.25, -0.2) is 9.97 Å². The zero-order valence-electron chi connectivity index (χ0n) is 12.3. The molecular formula is C16H14N4O2S. The number of nitrogens with two attached hydrogens (primary N) is 1. The summed E-state index contributed by atoms with van der Waals surface area (Å²) in [5.41, 5.74) is 7.71. The molecule has 0 saturated carbocycles. The van der Waals surface area contributed by atoms with Crippen molar-refractivity contribution in [3.8, 4) is 17.0 Å². The van der Waals surface area contributed by atoms with E-state index in [0.717, 1.165) is 17.0 Å². The lowest BCUT2D eigenvalue weighted by Gasteiger charge is -2.04. The lowest BCUT2D eigenvalue weighted by Crippen LogP contribution is -2.14. The Labute approximate surface area is 137 Å². The van der Waals surface area contributed by atoms with Crippen LogP contribution in [0.1, 0.15) is 10.4 Å².